The van der Waals surface area contributed by atoms with Gasteiger partial charge in [0, 0.05) is 28.9 Å². The zero-order valence-electron chi connectivity index (χ0n) is 12.7. The number of aromatic amines is 1. The van der Waals surface area contributed by atoms with Crippen molar-refractivity contribution in [1.29, 1.82) is 0 Å². The third-order valence-corrected chi connectivity index (χ3v) is 3.11. The molecule has 0 aliphatic carbocycles. The van der Waals surface area contributed by atoms with Crippen LogP contribution in [0.4, 0.5) is 4.39 Å². The largest absolute Gasteiger partial charge is 0.496 e. The number of hydrogen-bond acceptors (Lipinski definition) is 3. The lowest BCUT2D eigenvalue weighted by Crippen LogP contribution is -2.31. The molecule has 1 amide bonds. The van der Waals surface area contributed by atoms with Gasteiger partial charge in [0.15, 0.2) is 0 Å². The van der Waals surface area contributed by atoms with Crippen molar-refractivity contribution in [3.63, 3.8) is 0 Å². The average molecular weight is 303 g/mol. The van der Waals surface area contributed by atoms with Gasteiger partial charge in [0.05, 0.1) is 19.1 Å². The fraction of sp³-hybridized carbons (Fsp3) is 0.250. The van der Waals surface area contributed by atoms with Gasteiger partial charge in [-0.15, -0.1) is 0 Å². The molecule has 1 unspecified atom stereocenters. The monoisotopic (exact) mass is 303 g/mol. The summed E-state index contributed by atoms with van der Waals surface area (Å²) in [7, 11) is 1.54. The molecule has 0 aliphatic heterocycles. The van der Waals surface area contributed by atoms with Crippen molar-refractivity contribution in [2.24, 2.45) is 0 Å². The minimum absolute atomic E-state index is 0.290. The molecule has 0 spiro atoms. The summed E-state index contributed by atoms with van der Waals surface area (Å²) in [4.78, 5) is 12.2. The van der Waals surface area contributed by atoms with E-state index in [2.05, 4.69) is 15.5 Å². The second-order valence-corrected chi connectivity index (χ2v) is 4.92. The van der Waals surface area contributed by atoms with Crippen LogP contribution in [0.25, 0.3) is 11.1 Å². The Balaban J connectivity index is 2.22. The molecule has 22 heavy (non-hydrogen) atoms. The van der Waals surface area contributed by atoms with E-state index < -0.39 is 6.04 Å². The molecule has 5 nitrogen and oxygen atoms in total. The normalized spacial score (nSPS) is 12.8. The third-order valence-electron chi connectivity index (χ3n) is 3.11. The van der Waals surface area contributed by atoms with Crippen molar-refractivity contribution in [2.45, 2.75) is 19.9 Å². The number of hydrogen-bond donors (Lipinski definition) is 2. The van der Waals surface area contributed by atoms with Gasteiger partial charge in [0.2, 0.25) is 0 Å². The van der Waals surface area contributed by atoms with Crippen LogP contribution in [-0.4, -0.2) is 29.3 Å². The van der Waals surface area contributed by atoms with E-state index >= 15 is 0 Å². The Bertz CT molecular complexity index is 677. The molecule has 0 aliphatic rings. The number of ether oxygens (including phenoxy) is 1. The van der Waals surface area contributed by atoms with Crippen LogP contribution in [0.15, 0.2) is 42.5 Å². The highest BCUT2D eigenvalue weighted by Gasteiger charge is 2.13. The fourth-order valence-electron chi connectivity index (χ4n) is 2.15. The van der Waals surface area contributed by atoms with Crippen LogP contribution in [0.2, 0.25) is 0 Å². The summed E-state index contributed by atoms with van der Waals surface area (Å²) < 4.78 is 18.2. The summed E-state index contributed by atoms with van der Waals surface area (Å²) >= 11 is 0. The van der Waals surface area contributed by atoms with Crippen LogP contribution in [-0.2, 0) is 0 Å². The molecular weight excluding hydrogens is 285 g/mol. The molecule has 6 heteroatoms. The van der Waals surface area contributed by atoms with Crippen LogP contribution >= 0.6 is 0 Å². The quantitative estimate of drug-likeness (QED) is 0.892. The van der Waals surface area contributed by atoms with Gasteiger partial charge in [0.25, 0.3) is 5.91 Å². The van der Waals surface area contributed by atoms with Gasteiger partial charge in [-0.2, -0.15) is 5.10 Å². The van der Waals surface area contributed by atoms with Gasteiger partial charge >= 0.3 is 0 Å². The number of H-pyrrole nitrogens is 1. The molecule has 0 fully saturated rings. The maximum Gasteiger partial charge on any atom is 0.251 e. The summed E-state index contributed by atoms with van der Waals surface area (Å²) in [5.41, 5.74) is 2.15. The van der Waals surface area contributed by atoms with Crippen LogP contribution in [0, 0.1) is 0 Å². The van der Waals surface area contributed by atoms with E-state index in [0.29, 0.717) is 11.3 Å². The number of carbonyl (C=O) groups is 1. The number of aromatic nitrogens is 2. The van der Waals surface area contributed by atoms with Gasteiger partial charge in [-0.25, -0.2) is 4.39 Å². The van der Waals surface area contributed by atoms with Crippen LogP contribution in [0.3, 0.4) is 0 Å². The second-order valence-electron chi connectivity index (χ2n) is 4.92. The van der Waals surface area contributed by atoms with Gasteiger partial charge in [-0.1, -0.05) is 0 Å². The predicted molar refractivity (Wildman–Crippen MR) is 82.4 cm³/mol. The first-order chi connectivity index (χ1) is 10.5. The van der Waals surface area contributed by atoms with Gasteiger partial charge in [-0.05, 0) is 38.1 Å². The topological polar surface area (TPSA) is 67.0 Å². The average Bonchev–Trinajstić information content (AvgIpc) is 2.99. The first-order valence-corrected chi connectivity index (χ1v) is 6.83. The molecule has 0 radical (unpaired) electrons. The number of nitrogens with zero attached hydrogens (tertiary/aromatic N) is 1. The maximum absolute atomic E-state index is 12.8. The Kier molecular flexibility index (Phi) is 4.93. The number of amides is 1. The van der Waals surface area contributed by atoms with E-state index in [1.165, 1.54) is 13.0 Å². The molecule has 0 bridgehead atoms. The first kappa shape index (κ1) is 15.8. The lowest BCUT2D eigenvalue weighted by molar-refractivity contribution is 0.0946. The molecule has 0 saturated heterocycles. The summed E-state index contributed by atoms with van der Waals surface area (Å²) in [6.07, 6.45) is 4.76. The molecule has 2 N–H and O–H groups in total. The van der Waals surface area contributed by atoms with E-state index in [-0.39, 0.29) is 11.7 Å². The zero-order chi connectivity index (χ0) is 16.1. The van der Waals surface area contributed by atoms with Crippen LogP contribution in [0.1, 0.15) is 24.2 Å². The van der Waals surface area contributed by atoms with E-state index in [0.717, 1.165) is 11.1 Å². The highest BCUT2D eigenvalue weighted by Crippen LogP contribution is 2.30. The third kappa shape index (κ3) is 3.72. The van der Waals surface area contributed by atoms with Gasteiger partial charge in [-0.3, -0.25) is 9.89 Å². The number of rotatable bonds is 5. The Morgan fingerprint density at radius 1 is 1.50 bits per heavy atom. The van der Waals surface area contributed by atoms with Crippen molar-refractivity contribution in [2.75, 3.05) is 7.11 Å². The summed E-state index contributed by atoms with van der Waals surface area (Å²) in [6, 6.07) is 4.74. The highest BCUT2D eigenvalue weighted by molar-refractivity contribution is 5.95. The molecular formula is C16H18FN3O2. The standard InChI is InChI=1S/C16H18FN3O2/c1-10(17)6-11(2)20-16(21)12-4-5-14(15(7-12)22-3)13-8-18-19-9-13/h4-9,11H,1-3H3,(H,18,19)(H,20,21). The fourth-order valence-corrected chi connectivity index (χ4v) is 2.15. The first-order valence-electron chi connectivity index (χ1n) is 6.83. The second kappa shape index (κ2) is 6.89. The van der Waals surface area contributed by atoms with E-state index in [1.807, 2.05) is 0 Å². The highest BCUT2D eigenvalue weighted by atomic mass is 19.1. The Hall–Kier alpha value is -2.63. The lowest BCUT2D eigenvalue weighted by atomic mass is 10.0. The minimum atomic E-state index is -0.392. The lowest BCUT2D eigenvalue weighted by Gasteiger charge is -2.12. The van der Waals surface area contributed by atoms with Gasteiger partial charge in [0.1, 0.15) is 5.75 Å². The Morgan fingerprint density at radius 2 is 2.27 bits per heavy atom. The zero-order valence-corrected chi connectivity index (χ0v) is 12.7. The summed E-state index contributed by atoms with van der Waals surface area (Å²) in [5, 5.41) is 9.33. The minimum Gasteiger partial charge on any atom is -0.496 e. The molecule has 0 saturated carbocycles. The van der Waals surface area contributed by atoms with E-state index in [9.17, 15) is 9.18 Å². The van der Waals surface area contributed by atoms with Gasteiger partial charge < -0.3 is 10.1 Å². The summed E-state index contributed by atoms with van der Waals surface area (Å²) in [6.45, 7) is 3.05. The number of allylic oxidation sites excluding steroid dienone is 1. The number of benzene rings is 1. The Labute approximate surface area is 128 Å². The number of halogens is 1. The van der Waals surface area contributed by atoms with Crippen molar-refractivity contribution in [1.82, 2.24) is 15.5 Å². The van der Waals surface area contributed by atoms with Crippen molar-refractivity contribution < 1.29 is 13.9 Å². The summed E-state index contributed by atoms with van der Waals surface area (Å²) in [5.74, 6) is -0.0540. The number of carbonyl (C=O) groups excluding carboxylic acids is 1. The van der Waals surface area contributed by atoms with Crippen LogP contribution in [0.5, 0.6) is 5.75 Å². The molecule has 1 aromatic heterocycles. The van der Waals surface area contributed by atoms with Crippen molar-refractivity contribution >= 4 is 5.91 Å². The molecule has 1 heterocycles. The van der Waals surface area contributed by atoms with Crippen LogP contribution < -0.4 is 10.1 Å². The van der Waals surface area contributed by atoms with Crippen molar-refractivity contribution in [3.05, 3.63) is 48.1 Å². The molecule has 1 atom stereocenters. The SMILES string of the molecule is COc1cc(C(=O)NC(C)C=C(C)F)ccc1-c1cn[nH]c1. The molecule has 1 aromatic carbocycles. The smallest absolute Gasteiger partial charge is 0.251 e. The van der Waals surface area contributed by atoms with Crippen molar-refractivity contribution in [3.8, 4) is 16.9 Å². The van der Waals surface area contributed by atoms with E-state index in [1.54, 1.807) is 44.6 Å². The Morgan fingerprint density at radius 3 is 2.86 bits per heavy atom. The number of methoxy groups -OCH3 is 1. The number of nitrogens with one attached hydrogen (secondary N) is 2. The molecule has 116 valence electrons. The molecule has 2 rings (SSSR count). The maximum atomic E-state index is 12.8. The molecule has 2 aromatic rings. The predicted octanol–water partition coefficient (Wildman–Crippen LogP) is 3.08. The van der Waals surface area contributed by atoms with E-state index in [4.69, 9.17) is 4.74 Å².